The average molecular weight is 427 g/mol. The first-order chi connectivity index (χ1) is 14.5. The van der Waals surface area contributed by atoms with Crippen LogP contribution in [0.15, 0.2) is 52.8 Å². The third kappa shape index (κ3) is 6.26. The number of aliphatic imine (C=N–C) groups is 1. The van der Waals surface area contributed by atoms with E-state index in [1.54, 1.807) is 7.11 Å². The van der Waals surface area contributed by atoms with Crippen LogP contribution in [0.1, 0.15) is 18.2 Å². The minimum atomic E-state index is -0.107. The monoisotopic (exact) mass is 426 g/mol. The minimum absolute atomic E-state index is 0.0890. The van der Waals surface area contributed by atoms with Gasteiger partial charge in [-0.1, -0.05) is 18.2 Å². The third-order valence-electron chi connectivity index (χ3n) is 3.85. The summed E-state index contributed by atoms with van der Waals surface area (Å²) in [6.07, 6.45) is 0. The van der Waals surface area contributed by atoms with Gasteiger partial charge in [0, 0.05) is 12.3 Å². The quantitative estimate of drug-likeness (QED) is 0.287. The van der Waals surface area contributed by atoms with Gasteiger partial charge in [0.25, 0.3) is 0 Å². The first-order valence-corrected chi connectivity index (χ1v) is 9.92. The highest BCUT2D eigenvalue weighted by molar-refractivity contribution is 7.13. The molecule has 0 aliphatic heterocycles. The molecular formula is C20H22N6O3S. The number of hydrogen-bond acceptors (Lipinski definition) is 7. The topological polar surface area (TPSA) is 124 Å². The molecule has 4 N–H and O–H groups in total. The Bertz CT molecular complexity index is 1040. The van der Waals surface area contributed by atoms with Crippen LogP contribution in [0.4, 0.5) is 5.13 Å². The maximum absolute atomic E-state index is 11.1. The Morgan fingerprint density at radius 2 is 2.03 bits per heavy atom. The number of aromatic nitrogens is 2. The first kappa shape index (κ1) is 21.2. The molecule has 10 heteroatoms. The molecule has 0 spiro atoms. The zero-order chi connectivity index (χ0) is 21.3. The van der Waals surface area contributed by atoms with Gasteiger partial charge in [0.15, 0.2) is 0 Å². The van der Waals surface area contributed by atoms with Crippen LogP contribution in [0, 0.1) is 0 Å². The van der Waals surface area contributed by atoms with E-state index in [2.05, 4.69) is 25.8 Å². The predicted octanol–water partition coefficient (Wildman–Crippen LogP) is 2.52. The van der Waals surface area contributed by atoms with Crippen LogP contribution in [0.5, 0.6) is 5.75 Å². The van der Waals surface area contributed by atoms with Crippen molar-refractivity contribution in [3.8, 4) is 17.1 Å². The van der Waals surface area contributed by atoms with E-state index in [1.165, 1.54) is 18.3 Å². The number of methoxy groups -OCH3 is 1. The number of hydroxylamine groups is 1. The number of pyridine rings is 1. The van der Waals surface area contributed by atoms with Crippen molar-refractivity contribution in [3.63, 3.8) is 0 Å². The summed E-state index contributed by atoms with van der Waals surface area (Å²) in [7, 11) is 1.61. The van der Waals surface area contributed by atoms with Gasteiger partial charge in [0.1, 0.15) is 11.4 Å². The minimum Gasteiger partial charge on any atom is -0.497 e. The number of nitrogens with one attached hydrogen (secondary N) is 2. The summed E-state index contributed by atoms with van der Waals surface area (Å²) in [5.74, 6) is 0.734. The lowest BCUT2D eigenvalue weighted by atomic mass is 10.2. The second-order valence-electron chi connectivity index (χ2n) is 6.18. The molecule has 9 nitrogen and oxygen atoms in total. The molecule has 1 aromatic carbocycles. The normalized spacial score (nSPS) is 11.2. The van der Waals surface area contributed by atoms with E-state index < -0.39 is 0 Å². The summed E-state index contributed by atoms with van der Waals surface area (Å²) in [5.41, 5.74) is 11.5. The molecule has 0 aliphatic carbocycles. The lowest BCUT2D eigenvalue weighted by Crippen LogP contribution is -2.31. The molecule has 0 saturated heterocycles. The molecule has 3 aromatic rings. The van der Waals surface area contributed by atoms with Gasteiger partial charge in [-0.3, -0.25) is 9.63 Å². The molecule has 0 fully saturated rings. The number of nitrogens with two attached hydrogens (primary N) is 1. The van der Waals surface area contributed by atoms with Crippen LogP contribution in [-0.2, 0) is 22.8 Å². The fourth-order valence-electron chi connectivity index (χ4n) is 2.45. The predicted molar refractivity (Wildman–Crippen MR) is 115 cm³/mol. The summed E-state index contributed by atoms with van der Waals surface area (Å²) >= 11 is 1.33. The molecule has 2 heterocycles. The maximum Gasteiger partial charge on any atom is 0.220 e. The number of nitrogens with zero attached hydrogens (tertiary/aromatic N) is 3. The van der Waals surface area contributed by atoms with E-state index in [1.807, 2.05) is 47.8 Å². The van der Waals surface area contributed by atoms with Crippen molar-refractivity contribution in [2.75, 3.05) is 7.11 Å². The van der Waals surface area contributed by atoms with E-state index in [0.29, 0.717) is 29.7 Å². The van der Waals surface area contributed by atoms with Crippen molar-refractivity contribution in [2.24, 2.45) is 10.7 Å². The van der Waals surface area contributed by atoms with Gasteiger partial charge in [0.2, 0.25) is 17.0 Å². The van der Waals surface area contributed by atoms with Gasteiger partial charge < -0.3 is 15.8 Å². The number of carbonyl (C=O) groups excluding carboxylic acids is 1. The number of benzene rings is 1. The Kier molecular flexibility index (Phi) is 7.30. The number of rotatable bonds is 8. The molecule has 0 atom stereocenters. The van der Waals surface area contributed by atoms with Crippen LogP contribution < -0.4 is 21.3 Å². The van der Waals surface area contributed by atoms with Crippen molar-refractivity contribution in [2.45, 2.75) is 20.1 Å². The molecular weight excluding hydrogens is 404 g/mol. The summed E-state index contributed by atoms with van der Waals surface area (Å²) in [6.45, 7) is 2.12. The zero-order valence-corrected chi connectivity index (χ0v) is 17.4. The molecule has 0 bridgehead atoms. The van der Waals surface area contributed by atoms with Gasteiger partial charge in [-0.2, -0.15) is 4.99 Å². The van der Waals surface area contributed by atoms with Gasteiger partial charge in [0.05, 0.1) is 31.6 Å². The van der Waals surface area contributed by atoms with Crippen molar-refractivity contribution in [1.29, 1.82) is 0 Å². The Hall–Kier alpha value is -3.50. The lowest BCUT2D eigenvalue weighted by molar-refractivity contribution is -0.119. The number of ether oxygens (including phenoxy) is 1. The highest BCUT2D eigenvalue weighted by atomic mass is 32.1. The number of guanidine groups is 1. The molecule has 0 unspecified atom stereocenters. The van der Waals surface area contributed by atoms with E-state index in [4.69, 9.17) is 15.3 Å². The van der Waals surface area contributed by atoms with Crippen LogP contribution in [0.2, 0.25) is 0 Å². The largest absolute Gasteiger partial charge is 0.497 e. The van der Waals surface area contributed by atoms with E-state index >= 15 is 0 Å². The van der Waals surface area contributed by atoms with Crippen molar-refractivity contribution < 1.29 is 14.4 Å². The Morgan fingerprint density at radius 1 is 1.20 bits per heavy atom. The number of thiazole rings is 1. The molecule has 30 heavy (non-hydrogen) atoms. The van der Waals surface area contributed by atoms with E-state index in [9.17, 15) is 4.79 Å². The molecule has 2 aromatic heterocycles. The average Bonchev–Trinajstić information content (AvgIpc) is 3.21. The Labute approximate surface area is 177 Å². The molecule has 0 saturated carbocycles. The summed E-state index contributed by atoms with van der Waals surface area (Å²) < 4.78 is 5.18. The van der Waals surface area contributed by atoms with Crippen LogP contribution in [0.3, 0.4) is 0 Å². The lowest BCUT2D eigenvalue weighted by Gasteiger charge is -2.07. The second kappa shape index (κ2) is 10.3. The fourth-order valence-corrected chi connectivity index (χ4v) is 3.14. The van der Waals surface area contributed by atoms with Crippen LogP contribution in [-0.4, -0.2) is 28.9 Å². The highest BCUT2D eigenvalue weighted by Gasteiger charge is 2.07. The molecule has 0 radical (unpaired) electrons. The smallest absolute Gasteiger partial charge is 0.220 e. The number of carbonyl (C=O) groups is 1. The molecule has 1 amide bonds. The Balaban J connectivity index is 1.58. The second-order valence-corrected chi connectivity index (χ2v) is 7.02. The van der Waals surface area contributed by atoms with Gasteiger partial charge in [-0.05, 0) is 29.8 Å². The SMILES string of the molecule is COc1cccc(CONC(N)=Nc2nc(-c3cccc(CNC(C)=O)n3)cs2)c1. The van der Waals surface area contributed by atoms with Crippen LogP contribution in [0.25, 0.3) is 11.4 Å². The van der Waals surface area contributed by atoms with Crippen molar-refractivity contribution in [3.05, 3.63) is 59.1 Å². The van der Waals surface area contributed by atoms with Crippen molar-refractivity contribution >= 4 is 28.3 Å². The summed E-state index contributed by atoms with van der Waals surface area (Å²) in [5, 5.41) is 5.03. The van der Waals surface area contributed by atoms with Gasteiger partial charge in [-0.15, -0.1) is 11.3 Å². The molecule has 3 rings (SSSR count). The van der Waals surface area contributed by atoms with Gasteiger partial charge >= 0.3 is 0 Å². The number of amides is 1. The van der Waals surface area contributed by atoms with Crippen LogP contribution >= 0.6 is 11.3 Å². The molecule has 156 valence electrons. The Morgan fingerprint density at radius 3 is 2.83 bits per heavy atom. The highest BCUT2D eigenvalue weighted by Crippen LogP contribution is 2.25. The molecule has 0 aliphatic rings. The standard InChI is InChI=1S/C20H22N6O3S/c1-13(27)22-10-15-6-4-8-17(23-15)18-12-30-20(24-18)25-19(21)26-29-11-14-5-3-7-16(9-14)28-2/h3-9,12H,10-11H2,1-2H3,(H,22,27)(H3,21,24,25,26). The van der Waals surface area contributed by atoms with E-state index in [0.717, 1.165) is 17.0 Å². The zero-order valence-electron chi connectivity index (χ0n) is 16.6. The van der Waals surface area contributed by atoms with E-state index in [-0.39, 0.29) is 11.9 Å². The summed E-state index contributed by atoms with van der Waals surface area (Å²) in [4.78, 5) is 29.6. The van der Waals surface area contributed by atoms with Gasteiger partial charge in [-0.25, -0.2) is 15.4 Å². The fraction of sp³-hybridized carbons (Fsp3) is 0.200. The maximum atomic E-state index is 11.1. The summed E-state index contributed by atoms with van der Waals surface area (Å²) in [6, 6.07) is 13.1. The first-order valence-electron chi connectivity index (χ1n) is 9.04. The van der Waals surface area contributed by atoms with Crippen molar-refractivity contribution in [1.82, 2.24) is 20.8 Å². The number of hydrogen-bond donors (Lipinski definition) is 3. The third-order valence-corrected chi connectivity index (χ3v) is 4.58.